The zero-order valence-electron chi connectivity index (χ0n) is 9.94. The van der Waals surface area contributed by atoms with Gasteiger partial charge in [-0.05, 0) is 20.3 Å². The first kappa shape index (κ1) is 17.2. The van der Waals surface area contributed by atoms with E-state index in [0.717, 1.165) is 0 Å². The molecule has 17 heavy (non-hydrogen) atoms. The van der Waals surface area contributed by atoms with Gasteiger partial charge in [0.2, 0.25) is 10.0 Å². The molecule has 8 heteroatoms. The van der Waals surface area contributed by atoms with Crippen LogP contribution in [0.4, 0.5) is 13.2 Å². The molecular formula is C9H17BrF3NO2S. The van der Waals surface area contributed by atoms with E-state index in [4.69, 9.17) is 0 Å². The van der Waals surface area contributed by atoms with E-state index in [9.17, 15) is 21.6 Å². The molecule has 0 heterocycles. The van der Waals surface area contributed by atoms with E-state index in [1.807, 2.05) is 0 Å². The van der Waals surface area contributed by atoms with Gasteiger partial charge >= 0.3 is 6.18 Å². The minimum atomic E-state index is -4.31. The second-order valence-electron chi connectivity index (χ2n) is 4.48. The summed E-state index contributed by atoms with van der Waals surface area (Å²) in [6, 6.07) is 0. The molecule has 0 aromatic carbocycles. The molecule has 1 unspecified atom stereocenters. The SMILES string of the molecule is CC(Br)C(C)(C)NS(=O)(=O)CCCC(F)(F)F. The Morgan fingerprint density at radius 2 is 1.76 bits per heavy atom. The van der Waals surface area contributed by atoms with E-state index in [-0.39, 0.29) is 4.83 Å². The molecule has 0 amide bonds. The molecular weight excluding hydrogens is 323 g/mol. The number of nitrogens with one attached hydrogen (secondary N) is 1. The van der Waals surface area contributed by atoms with Crippen LogP contribution in [0, 0.1) is 0 Å². The summed E-state index contributed by atoms with van der Waals surface area (Å²) in [5.41, 5.74) is -0.739. The van der Waals surface area contributed by atoms with Gasteiger partial charge in [0.15, 0.2) is 0 Å². The van der Waals surface area contributed by atoms with Gasteiger partial charge in [0.1, 0.15) is 0 Å². The molecule has 0 saturated carbocycles. The predicted molar refractivity (Wildman–Crippen MR) is 64.7 cm³/mol. The Balaban J connectivity index is 4.33. The third kappa shape index (κ3) is 7.99. The van der Waals surface area contributed by atoms with Crippen LogP contribution >= 0.6 is 15.9 Å². The predicted octanol–water partition coefficient (Wildman–Crippen LogP) is 2.81. The molecule has 0 bridgehead atoms. The number of hydrogen-bond acceptors (Lipinski definition) is 2. The van der Waals surface area contributed by atoms with Crippen molar-refractivity contribution in [3.05, 3.63) is 0 Å². The number of rotatable bonds is 6. The first-order valence-corrected chi connectivity index (χ1v) is 7.65. The van der Waals surface area contributed by atoms with Gasteiger partial charge in [-0.15, -0.1) is 0 Å². The van der Waals surface area contributed by atoms with E-state index in [1.54, 1.807) is 20.8 Å². The quantitative estimate of drug-likeness (QED) is 0.756. The molecule has 3 nitrogen and oxygen atoms in total. The fourth-order valence-corrected chi connectivity index (χ4v) is 2.87. The van der Waals surface area contributed by atoms with E-state index in [2.05, 4.69) is 20.7 Å². The minimum absolute atomic E-state index is 0.132. The summed E-state index contributed by atoms with van der Waals surface area (Å²) >= 11 is 3.24. The van der Waals surface area contributed by atoms with Crippen molar-refractivity contribution in [3.8, 4) is 0 Å². The first-order chi connectivity index (χ1) is 7.36. The van der Waals surface area contributed by atoms with Gasteiger partial charge in [-0.25, -0.2) is 13.1 Å². The smallest absolute Gasteiger partial charge is 0.212 e. The zero-order valence-corrected chi connectivity index (χ0v) is 12.3. The highest BCUT2D eigenvalue weighted by molar-refractivity contribution is 9.09. The Bertz CT molecular complexity index is 339. The minimum Gasteiger partial charge on any atom is -0.212 e. The lowest BCUT2D eigenvalue weighted by molar-refractivity contribution is -0.134. The summed E-state index contributed by atoms with van der Waals surface area (Å²) in [6.45, 7) is 5.08. The number of alkyl halides is 4. The Kier molecular flexibility index (Phi) is 5.94. The maximum atomic E-state index is 11.9. The third-order valence-corrected chi connectivity index (χ3v) is 5.09. The summed E-state index contributed by atoms with van der Waals surface area (Å²) in [5.74, 6) is -0.518. The average molecular weight is 340 g/mol. The van der Waals surface area contributed by atoms with Crippen molar-refractivity contribution < 1.29 is 21.6 Å². The zero-order chi connectivity index (χ0) is 13.9. The van der Waals surface area contributed by atoms with Gasteiger partial charge in [-0.2, -0.15) is 13.2 Å². The number of halogens is 4. The van der Waals surface area contributed by atoms with Crippen LogP contribution in [-0.2, 0) is 10.0 Å². The van der Waals surface area contributed by atoms with Gasteiger partial charge in [0, 0.05) is 16.8 Å². The lowest BCUT2D eigenvalue weighted by Gasteiger charge is -2.28. The maximum Gasteiger partial charge on any atom is 0.389 e. The van der Waals surface area contributed by atoms with Crippen molar-refractivity contribution in [1.82, 2.24) is 4.72 Å². The van der Waals surface area contributed by atoms with Crippen LogP contribution in [0.5, 0.6) is 0 Å². The second-order valence-corrected chi connectivity index (χ2v) is 7.69. The van der Waals surface area contributed by atoms with Gasteiger partial charge < -0.3 is 0 Å². The van der Waals surface area contributed by atoms with Gasteiger partial charge in [0.25, 0.3) is 0 Å². The molecule has 0 aliphatic carbocycles. The Morgan fingerprint density at radius 3 is 2.12 bits per heavy atom. The summed E-state index contributed by atoms with van der Waals surface area (Å²) < 4.78 is 61.1. The van der Waals surface area contributed by atoms with Crippen LogP contribution in [0.2, 0.25) is 0 Å². The van der Waals surface area contributed by atoms with Crippen molar-refractivity contribution >= 4 is 26.0 Å². The summed E-state index contributed by atoms with van der Waals surface area (Å²) in [6.07, 6.45) is -5.82. The van der Waals surface area contributed by atoms with E-state index >= 15 is 0 Å². The van der Waals surface area contributed by atoms with Crippen molar-refractivity contribution in [1.29, 1.82) is 0 Å². The first-order valence-electron chi connectivity index (χ1n) is 5.08. The maximum absolute atomic E-state index is 11.9. The van der Waals surface area contributed by atoms with Gasteiger partial charge in [-0.3, -0.25) is 0 Å². The highest BCUT2D eigenvalue weighted by atomic mass is 79.9. The lowest BCUT2D eigenvalue weighted by atomic mass is 10.0. The summed E-state index contributed by atoms with van der Waals surface area (Å²) in [5, 5.41) is 0. The molecule has 0 spiro atoms. The monoisotopic (exact) mass is 339 g/mol. The molecule has 0 fully saturated rings. The van der Waals surface area contributed by atoms with Crippen LogP contribution in [0.3, 0.4) is 0 Å². The average Bonchev–Trinajstić information content (AvgIpc) is 1.97. The van der Waals surface area contributed by atoms with Crippen LogP contribution in [0.25, 0.3) is 0 Å². The van der Waals surface area contributed by atoms with Crippen molar-refractivity contribution in [2.45, 2.75) is 50.2 Å². The molecule has 0 aromatic heterocycles. The van der Waals surface area contributed by atoms with Crippen molar-refractivity contribution in [2.24, 2.45) is 0 Å². The van der Waals surface area contributed by atoms with Crippen LogP contribution < -0.4 is 4.72 Å². The molecule has 0 aromatic rings. The molecule has 1 N–H and O–H groups in total. The van der Waals surface area contributed by atoms with E-state index < -0.39 is 40.3 Å². The largest absolute Gasteiger partial charge is 0.389 e. The van der Waals surface area contributed by atoms with Crippen LogP contribution in [0.1, 0.15) is 33.6 Å². The molecule has 0 radical (unpaired) electrons. The molecule has 1 atom stereocenters. The fourth-order valence-electron chi connectivity index (χ4n) is 0.996. The van der Waals surface area contributed by atoms with Crippen molar-refractivity contribution in [3.63, 3.8) is 0 Å². The van der Waals surface area contributed by atoms with Crippen molar-refractivity contribution in [2.75, 3.05) is 5.75 Å². The highest BCUT2D eigenvalue weighted by Gasteiger charge is 2.31. The standard InChI is InChI=1S/C9H17BrF3NO2S/c1-7(10)8(2,3)14-17(15,16)6-4-5-9(11,12)13/h7,14H,4-6H2,1-3H3. The molecule has 104 valence electrons. The van der Waals surface area contributed by atoms with Crippen LogP contribution in [-0.4, -0.2) is 30.7 Å². The second kappa shape index (κ2) is 5.88. The van der Waals surface area contributed by atoms with E-state index in [0.29, 0.717) is 0 Å². The Morgan fingerprint density at radius 1 is 1.29 bits per heavy atom. The molecule has 0 rings (SSSR count). The Labute approximate surface area is 108 Å². The molecule has 0 aliphatic rings. The fraction of sp³-hybridized carbons (Fsp3) is 1.00. The Hall–Kier alpha value is 0.180. The van der Waals surface area contributed by atoms with E-state index in [1.165, 1.54) is 0 Å². The lowest BCUT2D eigenvalue weighted by Crippen LogP contribution is -2.49. The third-order valence-electron chi connectivity index (χ3n) is 2.29. The topological polar surface area (TPSA) is 46.2 Å². The summed E-state index contributed by atoms with van der Waals surface area (Å²) in [4.78, 5) is -0.132. The number of hydrogen-bond donors (Lipinski definition) is 1. The summed E-state index contributed by atoms with van der Waals surface area (Å²) in [7, 11) is -3.69. The van der Waals surface area contributed by atoms with Crippen LogP contribution in [0.15, 0.2) is 0 Å². The normalized spacial score (nSPS) is 15.9. The number of sulfonamides is 1. The molecule has 0 aliphatic heterocycles. The van der Waals surface area contributed by atoms with Gasteiger partial charge in [0.05, 0.1) is 5.75 Å². The molecule has 0 saturated heterocycles. The van der Waals surface area contributed by atoms with Gasteiger partial charge in [-0.1, -0.05) is 22.9 Å². The highest BCUT2D eigenvalue weighted by Crippen LogP contribution is 2.22.